The zero-order valence-corrected chi connectivity index (χ0v) is 30.5. The van der Waals surface area contributed by atoms with E-state index in [1.807, 2.05) is 0 Å². The minimum atomic E-state index is -3.87. The Kier molecular flexibility index (Phi) is 9.41. The molecule has 1 amide bonds. The molecule has 0 spiro atoms. The van der Waals surface area contributed by atoms with Crippen LogP contribution in [0.5, 0.6) is 0 Å². The third-order valence-electron chi connectivity index (χ3n) is 9.63. The molecule has 1 unspecified atom stereocenters. The number of benzene rings is 2. The van der Waals surface area contributed by atoms with Crippen LogP contribution < -0.4 is 10.5 Å². The second-order valence-corrected chi connectivity index (χ2v) is 15.8. The lowest BCUT2D eigenvalue weighted by Gasteiger charge is -2.29. The number of carbonyl (C=O) groups is 1. The number of anilines is 1. The molecule has 4 N–H and O–H groups in total. The maximum Gasteiger partial charge on any atom is 0.293 e. The number of aryl methyl sites for hydroxylation is 1. The number of nitrogens with zero attached hydrogens (tertiary/aromatic N) is 5. The Hall–Kier alpha value is -5.12. The van der Waals surface area contributed by atoms with Crippen LogP contribution in [0.25, 0.3) is 22.0 Å². The van der Waals surface area contributed by atoms with E-state index in [-0.39, 0.29) is 61.8 Å². The summed E-state index contributed by atoms with van der Waals surface area (Å²) < 4.78 is 119. The molecule has 0 bridgehead atoms. The third-order valence-corrected chi connectivity index (χ3v) is 10.5. The van der Waals surface area contributed by atoms with Gasteiger partial charge in [-0.15, -0.1) is 0 Å². The lowest BCUT2D eigenvalue weighted by atomic mass is 9.84. The van der Waals surface area contributed by atoms with Gasteiger partial charge in [-0.3, -0.25) is 14.2 Å². The van der Waals surface area contributed by atoms with Crippen LogP contribution >= 0.6 is 11.6 Å². The molecule has 1 fully saturated rings. The van der Waals surface area contributed by atoms with Crippen molar-refractivity contribution in [3.05, 3.63) is 93.0 Å². The molecule has 2 aliphatic carbocycles. The first kappa shape index (κ1) is 38.2. The van der Waals surface area contributed by atoms with Gasteiger partial charge in [0.2, 0.25) is 15.9 Å². The van der Waals surface area contributed by atoms with E-state index >= 15 is 8.78 Å². The summed E-state index contributed by atoms with van der Waals surface area (Å²) in [6, 6.07) is 6.31. The second kappa shape index (κ2) is 13.6. The highest BCUT2D eigenvalue weighted by molar-refractivity contribution is 7.92. The Balaban J connectivity index is 1.55. The van der Waals surface area contributed by atoms with Gasteiger partial charge in [-0.05, 0) is 67.5 Å². The summed E-state index contributed by atoms with van der Waals surface area (Å²) in [5, 5.41) is 18.3. The summed E-state index contributed by atoms with van der Waals surface area (Å²) in [5.41, 5.74) is 4.13. The van der Waals surface area contributed by atoms with Crippen molar-refractivity contribution >= 4 is 44.3 Å². The average Bonchev–Trinajstić information content (AvgIpc) is 3.60. The number of halogens is 7. The highest BCUT2D eigenvalue weighted by Gasteiger charge is 2.67. The van der Waals surface area contributed by atoms with Gasteiger partial charge in [0.05, 0.1) is 27.9 Å². The molecule has 11 nitrogen and oxygen atoms in total. The SMILES string of the molecule is C[C@H](O)C#Cc1ccc(-c2ccc(Cl)c3c(NS(C)(=O)=O)nn(C)c23)c([C@@H](Cc2cc(F)cc(F)c2)C(C(N)=O)n2nc(C(F)F)c3c2C(F)(F)[C@@H]2C[C@H]32)n1. The Morgan fingerprint density at radius 2 is 1.78 bits per heavy atom. The van der Waals surface area contributed by atoms with Crippen molar-refractivity contribution in [1.29, 1.82) is 0 Å². The number of amides is 1. The Morgan fingerprint density at radius 1 is 1.11 bits per heavy atom. The number of aliphatic hydroxyl groups excluding tert-OH is 1. The summed E-state index contributed by atoms with van der Waals surface area (Å²) in [4.78, 5) is 18.4. The molecule has 2 aromatic carbocycles. The van der Waals surface area contributed by atoms with E-state index < -0.39 is 87.6 Å². The number of aromatic nitrogens is 5. The van der Waals surface area contributed by atoms with Crippen molar-refractivity contribution < 1.29 is 44.7 Å². The van der Waals surface area contributed by atoms with Crippen LogP contribution in [0, 0.1) is 29.4 Å². The second-order valence-electron chi connectivity index (χ2n) is 13.6. The predicted octanol–water partition coefficient (Wildman–Crippen LogP) is 6.07. The van der Waals surface area contributed by atoms with E-state index in [9.17, 15) is 35.9 Å². The fourth-order valence-electron chi connectivity index (χ4n) is 7.52. The summed E-state index contributed by atoms with van der Waals surface area (Å²) in [6.45, 7) is 1.38. The van der Waals surface area contributed by atoms with Gasteiger partial charge in [0.15, 0.2) is 5.82 Å². The highest BCUT2D eigenvalue weighted by atomic mass is 35.5. The Bertz CT molecular complexity index is 2560. The summed E-state index contributed by atoms with van der Waals surface area (Å²) in [6.07, 6.45) is -4.13. The van der Waals surface area contributed by atoms with Crippen LogP contribution in [0.3, 0.4) is 0 Å². The summed E-state index contributed by atoms with van der Waals surface area (Å²) in [5.74, 6) is -5.76. The first-order valence-corrected chi connectivity index (χ1v) is 18.9. The summed E-state index contributed by atoms with van der Waals surface area (Å²) in [7, 11) is -2.39. The number of sulfonamides is 1. The molecular weight excluding hydrogens is 776 g/mol. The number of aliphatic hydroxyl groups is 1. The molecule has 2 aliphatic rings. The highest BCUT2D eigenvalue weighted by Crippen LogP contribution is 2.68. The number of pyridine rings is 1. The quantitative estimate of drug-likeness (QED) is 0.114. The molecule has 0 saturated heterocycles. The van der Waals surface area contributed by atoms with E-state index in [0.717, 1.165) is 18.4 Å². The van der Waals surface area contributed by atoms with Crippen LogP contribution in [0.2, 0.25) is 5.02 Å². The maximum absolute atomic E-state index is 16.0. The van der Waals surface area contributed by atoms with Crippen LogP contribution in [0.4, 0.5) is 32.2 Å². The molecule has 1 saturated carbocycles. The van der Waals surface area contributed by atoms with Crippen molar-refractivity contribution in [3.8, 4) is 23.0 Å². The number of nitrogens with one attached hydrogen (secondary N) is 1. The van der Waals surface area contributed by atoms with Crippen LogP contribution in [0.1, 0.15) is 71.6 Å². The monoisotopic (exact) mass is 805 g/mol. The van der Waals surface area contributed by atoms with Crippen molar-refractivity contribution in [2.24, 2.45) is 18.7 Å². The van der Waals surface area contributed by atoms with Crippen molar-refractivity contribution in [2.75, 3.05) is 11.0 Å². The standard InChI is InChI=1S/C36H30ClF6N7O4S/c1-15(51)4-5-19-6-7-20(21-8-9-25(37)27-30(21)49(2)47-35(27)48-55(3,53)54)28(45-19)23(12-16-10-17(38)13-18(39)11-16)31(34(44)52)50-32-26(29(46-50)33(40)41)22-14-24(22)36(32,42)43/h6-11,13,15,22-24,31,33,51H,12,14H2,1-3H3,(H2,44,52)(H,47,48)/t15-,22-,23+,24+,31?/m0/s1. The topological polar surface area (TPSA) is 158 Å². The van der Waals surface area contributed by atoms with E-state index in [0.29, 0.717) is 10.7 Å². The van der Waals surface area contributed by atoms with Gasteiger partial charge >= 0.3 is 0 Å². The number of rotatable bonds is 10. The molecule has 3 heterocycles. The molecule has 288 valence electrons. The summed E-state index contributed by atoms with van der Waals surface area (Å²) >= 11 is 6.57. The Labute approximate surface area is 314 Å². The van der Waals surface area contributed by atoms with Crippen LogP contribution in [-0.4, -0.2) is 56.3 Å². The number of hydrogen-bond donors (Lipinski definition) is 3. The maximum atomic E-state index is 16.0. The predicted molar refractivity (Wildman–Crippen MR) is 189 cm³/mol. The van der Waals surface area contributed by atoms with Gasteiger partial charge in [-0.2, -0.15) is 19.0 Å². The molecule has 0 radical (unpaired) electrons. The average molecular weight is 806 g/mol. The van der Waals surface area contributed by atoms with Crippen LogP contribution in [0.15, 0.2) is 42.5 Å². The molecule has 5 aromatic rings. The van der Waals surface area contributed by atoms with Gasteiger partial charge in [-0.25, -0.2) is 35.6 Å². The number of nitrogens with two attached hydrogens (primary N) is 1. The normalized spacial score (nSPS) is 18.7. The number of carbonyl (C=O) groups excluding carboxylic acids is 1. The molecule has 55 heavy (non-hydrogen) atoms. The Morgan fingerprint density at radius 3 is 2.40 bits per heavy atom. The zero-order chi connectivity index (χ0) is 39.9. The number of alkyl halides is 4. The largest absolute Gasteiger partial charge is 0.381 e. The molecule has 5 atom stereocenters. The number of primary amides is 1. The molecule has 7 rings (SSSR count). The van der Waals surface area contributed by atoms with E-state index in [1.165, 1.54) is 42.9 Å². The van der Waals surface area contributed by atoms with Gasteiger partial charge in [-0.1, -0.05) is 23.6 Å². The van der Waals surface area contributed by atoms with Crippen molar-refractivity contribution in [3.63, 3.8) is 0 Å². The van der Waals surface area contributed by atoms with Gasteiger partial charge in [0.1, 0.15) is 40.9 Å². The molecule has 19 heteroatoms. The van der Waals surface area contributed by atoms with Crippen molar-refractivity contribution in [1.82, 2.24) is 24.5 Å². The minimum absolute atomic E-state index is 0.0153. The van der Waals surface area contributed by atoms with E-state index in [4.69, 9.17) is 17.3 Å². The van der Waals surface area contributed by atoms with Gasteiger partial charge in [0, 0.05) is 41.6 Å². The lowest BCUT2D eigenvalue weighted by Crippen LogP contribution is -2.37. The molecule has 0 aliphatic heterocycles. The number of fused-ring (bicyclic) bond motifs is 4. The van der Waals surface area contributed by atoms with Crippen LogP contribution in [-0.2, 0) is 34.2 Å². The number of hydrogen-bond acceptors (Lipinski definition) is 7. The fraction of sp³-hybridized carbons (Fsp3) is 0.333. The van der Waals surface area contributed by atoms with Gasteiger partial charge in [0.25, 0.3) is 12.3 Å². The first-order chi connectivity index (χ1) is 25.8. The molecular formula is C36H30ClF6N7O4S. The van der Waals surface area contributed by atoms with E-state index in [1.54, 1.807) is 0 Å². The zero-order valence-electron chi connectivity index (χ0n) is 29.0. The molecule has 3 aromatic heterocycles. The van der Waals surface area contributed by atoms with Gasteiger partial charge < -0.3 is 10.8 Å². The van der Waals surface area contributed by atoms with E-state index in [2.05, 4.69) is 31.7 Å². The smallest absolute Gasteiger partial charge is 0.293 e. The first-order valence-electron chi connectivity index (χ1n) is 16.6. The minimum Gasteiger partial charge on any atom is -0.381 e. The lowest BCUT2D eigenvalue weighted by molar-refractivity contribution is -0.122. The van der Waals surface area contributed by atoms with Crippen molar-refractivity contribution in [2.45, 2.75) is 56.1 Å². The third kappa shape index (κ3) is 6.89. The fourth-order valence-corrected chi connectivity index (χ4v) is 8.26.